The van der Waals surface area contributed by atoms with Crippen molar-refractivity contribution in [3.05, 3.63) is 47.8 Å². The summed E-state index contributed by atoms with van der Waals surface area (Å²) in [6.07, 6.45) is -4.95. The predicted molar refractivity (Wildman–Crippen MR) is 97.3 cm³/mol. The number of ether oxygens (including phenoxy) is 1. The molecule has 3 rings (SSSR count). The molecular formula is C18H10F7NO6S. The van der Waals surface area contributed by atoms with Crippen LogP contribution in [0.15, 0.2) is 40.8 Å². The second kappa shape index (κ2) is 8.13. The zero-order chi connectivity index (χ0) is 24.8. The largest absolute Gasteiger partial charge is 0.534 e. The number of alkyl halides is 6. The van der Waals surface area contributed by atoms with Crippen LogP contribution < -0.4 is 14.7 Å². The monoisotopic (exact) mass is 501 g/mol. The predicted octanol–water partition coefficient (Wildman–Crippen LogP) is 4.51. The highest BCUT2D eigenvalue weighted by atomic mass is 32.2. The zero-order valence-corrected chi connectivity index (χ0v) is 16.6. The first-order valence-electron chi connectivity index (χ1n) is 8.45. The maximum Gasteiger partial charge on any atom is 0.534 e. The molecule has 1 aromatic heterocycles. The minimum atomic E-state index is -6.33. The van der Waals surface area contributed by atoms with Crippen molar-refractivity contribution in [1.29, 1.82) is 0 Å². The second-order valence-electron chi connectivity index (χ2n) is 6.36. The molecule has 3 aromatic rings. The molecule has 1 heterocycles. The minimum absolute atomic E-state index is 0.0736. The van der Waals surface area contributed by atoms with Crippen molar-refractivity contribution in [2.75, 3.05) is 6.61 Å². The first kappa shape index (κ1) is 24.2. The van der Waals surface area contributed by atoms with Crippen LogP contribution in [0.3, 0.4) is 0 Å². The summed E-state index contributed by atoms with van der Waals surface area (Å²) in [5.41, 5.74) is -1.43. The molecule has 0 fully saturated rings. The standard InChI is InChI=1S/C18H10F7NO6S/c19-9-3-1-8(2-4-9)15-14(16(26)27)10-5-13(32-33(28,29)18(23,24)25)12(6-11(10)31-15)30-7-17(20,21)22/h1-6H,7H2,(H2,26,27). The van der Waals surface area contributed by atoms with Gasteiger partial charge in [0.2, 0.25) is 0 Å². The molecule has 0 aliphatic rings. The van der Waals surface area contributed by atoms with Crippen molar-refractivity contribution in [2.24, 2.45) is 5.73 Å². The number of amides is 1. The molecular weight excluding hydrogens is 491 g/mol. The summed E-state index contributed by atoms with van der Waals surface area (Å²) in [6, 6.07) is 5.38. The Kier molecular flexibility index (Phi) is 5.95. The number of hydrogen-bond donors (Lipinski definition) is 1. The van der Waals surface area contributed by atoms with Crippen molar-refractivity contribution in [3.8, 4) is 22.8 Å². The van der Waals surface area contributed by atoms with Crippen LogP contribution in [0.4, 0.5) is 30.7 Å². The van der Waals surface area contributed by atoms with Gasteiger partial charge in [0.1, 0.15) is 17.2 Å². The Bertz CT molecular complexity index is 1310. The number of carbonyl (C=O) groups is 1. The molecule has 178 valence electrons. The van der Waals surface area contributed by atoms with Gasteiger partial charge < -0.3 is 19.1 Å². The number of hydrogen-bond acceptors (Lipinski definition) is 6. The molecule has 1 amide bonds. The number of halogens is 7. The van der Waals surface area contributed by atoms with Gasteiger partial charge in [-0.25, -0.2) is 4.39 Å². The summed E-state index contributed by atoms with van der Waals surface area (Å²) in [6.45, 7) is -2.02. The SMILES string of the molecule is NC(=O)c1c(-c2ccc(F)cc2)oc2cc(OCC(F)(F)F)c(OS(=O)(=O)C(F)(F)F)cc12. The third-order valence-corrected chi connectivity index (χ3v) is 4.95. The maximum absolute atomic E-state index is 13.2. The molecule has 0 radical (unpaired) electrons. The summed E-state index contributed by atoms with van der Waals surface area (Å²) in [4.78, 5) is 12.0. The first-order chi connectivity index (χ1) is 15.1. The smallest absolute Gasteiger partial charge is 0.480 e. The lowest BCUT2D eigenvalue weighted by molar-refractivity contribution is -0.153. The van der Waals surface area contributed by atoms with Gasteiger partial charge in [-0.15, -0.1) is 0 Å². The normalized spacial score (nSPS) is 12.7. The zero-order valence-electron chi connectivity index (χ0n) is 15.8. The fraction of sp³-hybridized carbons (Fsp3) is 0.167. The van der Waals surface area contributed by atoms with E-state index in [2.05, 4.69) is 8.92 Å². The lowest BCUT2D eigenvalue weighted by Crippen LogP contribution is -2.28. The number of furan rings is 1. The fourth-order valence-corrected chi connectivity index (χ4v) is 3.12. The van der Waals surface area contributed by atoms with Crippen LogP contribution in [-0.2, 0) is 10.1 Å². The van der Waals surface area contributed by atoms with E-state index in [1.54, 1.807) is 0 Å². The number of benzene rings is 2. The van der Waals surface area contributed by atoms with E-state index < -0.39 is 68.2 Å². The van der Waals surface area contributed by atoms with Gasteiger partial charge in [-0.05, 0) is 30.3 Å². The number of primary amides is 1. The Labute approximate surface area is 179 Å². The Morgan fingerprint density at radius 2 is 1.61 bits per heavy atom. The maximum atomic E-state index is 13.2. The first-order valence-corrected chi connectivity index (χ1v) is 9.86. The molecule has 0 saturated heterocycles. The number of carbonyl (C=O) groups excluding carboxylic acids is 1. The van der Waals surface area contributed by atoms with E-state index in [0.29, 0.717) is 12.1 Å². The van der Waals surface area contributed by atoms with E-state index in [-0.39, 0.29) is 11.3 Å². The van der Waals surface area contributed by atoms with Crippen LogP contribution >= 0.6 is 0 Å². The number of nitrogens with two attached hydrogens (primary N) is 1. The summed E-state index contributed by atoms with van der Waals surface area (Å²) < 4.78 is 126. The lowest BCUT2D eigenvalue weighted by atomic mass is 10.0. The van der Waals surface area contributed by atoms with Crippen LogP contribution in [0.5, 0.6) is 11.5 Å². The van der Waals surface area contributed by atoms with E-state index in [1.807, 2.05) is 0 Å². The highest BCUT2D eigenvalue weighted by Gasteiger charge is 2.49. The van der Waals surface area contributed by atoms with E-state index >= 15 is 0 Å². The molecule has 33 heavy (non-hydrogen) atoms. The van der Waals surface area contributed by atoms with Gasteiger partial charge in [-0.3, -0.25) is 4.79 Å². The van der Waals surface area contributed by atoms with E-state index in [9.17, 15) is 43.9 Å². The van der Waals surface area contributed by atoms with Crippen molar-refractivity contribution in [3.63, 3.8) is 0 Å². The summed E-state index contributed by atoms with van der Waals surface area (Å²) in [7, 11) is -6.33. The third kappa shape index (κ3) is 5.13. The van der Waals surface area contributed by atoms with Crippen molar-refractivity contribution >= 4 is 27.0 Å². The molecule has 0 spiro atoms. The molecule has 0 bridgehead atoms. The minimum Gasteiger partial charge on any atom is -0.480 e. The van der Waals surface area contributed by atoms with Crippen molar-refractivity contribution < 1.29 is 57.3 Å². The Morgan fingerprint density at radius 1 is 1.00 bits per heavy atom. The van der Waals surface area contributed by atoms with Gasteiger partial charge in [0.15, 0.2) is 18.1 Å². The highest BCUT2D eigenvalue weighted by Crippen LogP contribution is 2.42. The highest BCUT2D eigenvalue weighted by molar-refractivity contribution is 7.88. The molecule has 0 aliphatic heterocycles. The van der Waals surface area contributed by atoms with Crippen LogP contribution in [0.2, 0.25) is 0 Å². The van der Waals surface area contributed by atoms with Gasteiger partial charge in [-0.2, -0.15) is 34.8 Å². The summed E-state index contributed by atoms with van der Waals surface area (Å²) >= 11 is 0. The van der Waals surface area contributed by atoms with Crippen LogP contribution in [0.1, 0.15) is 10.4 Å². The van der Waals surface area contributed by atoms with Gasteiger partial charge >= 0.3 is 21.8 Å². The Morgan fingerprint density at radius 3 is 2.12 bits per heavy atom. The molecule has 2 N–H and O–H groups in total. The summed E-state index contributed by atoms with van der Waals surface area (Å²) in [5.74, 6) is -4.55. The average molecular weight is 501 g/mol. The van der Waals surface area contributed by atoms with Gasteiger partial charge in [-0.1, -0.05) is 0 Å². The van der Waals surface area contributed by atoms with Crippen molar-refractivity contribution in [1.82, 2.24) is 0 Å². The van der Waals surface area contributed by atoms with E-state index in [4.69, 9.17) is 10.2 Å². The summed E-state index contributed by atoms with van der Waals surface area (Å²) in [5, 5.41) is -0.395. The lowest BCUT2D eigenvalue weighted by Gasteiger charge is -2.15. The van der Waals surface area contributed by atoms with E-state index in [1.165, 1.54) is 0 Å². The molecule has 7 nitrogen and oxygen atoms in total. The molecule has 2 aromatic carbocycles. The fourth-order valence-electron chi connectivity index (χ4n) is 2.66. The van der Waals surface area contributed by atoms with Gasteiger partial charge in [0.05, 0.1) is 5.56 Å². The Balaban J connectivity index is 2.25. The average Bonchev–Trinajstić information content (AvgIpc) is 3.03. The van der Waals surface area contributed by atoms with E-state index in [0.717, 1.165) is 24.3 Å². The molecule has 0 atom stereocenters. The quantitative estimate of drug-likeness (QED) is 0.303. The number of rotatable bonds is 6. The van der Waals surface area contributed by atoms with Crippen LogP contribution in [0.25, 0.3) is 22.3 Å². The third-order valence-electron chi connectivity index (χ3n) is 3.98. The molecule has 15 heteroatoms. The van der Waals surface area contributed by atoms with Gasteiger partial charge in [0.25, 0.3) is 5.91 Å². The second-order valence-corrected chi connectivity index (χ2v) is 7.90. The van der Waals surface area contributed by atoms with Gasteiger partial charge in [0, 0.05) is 17.0 Å². The van der Waals surface area contributed by atoms with Crippen LogP contribution in [-0.4, -0.2) is 32.6 Å². The Hall–Kier alpha value is -3.49. The number of fused-ring (bicyclic) bond motifs is 1. The molecule has 0 saturated carbocycles. The van der Waals surface area contributed by atoms with Crippen LogP contribution in [0, 0.1) is 5.82 Å². The van der Waals surface area contributed by atoms with Crippen molar-refractivity contribution in [2.45, 2.75) is 11.7 Å². The molecule has 0 aliphatic carbocycles. The molecule has 0 unspecified atom stereocenters. The topological polar surface area (TPSA) is 109 Å².